The lowest BCUT2D eigenvalue weighted by molar-refractivity contribution is -0.139. The van der Waals surface area contributed by atoms with Gasteiger partial charge in [0.05, 0.1) is 32.3 Å². The fourth-order valence-corrected chi connectivity index (χ4v) is 1.28. The number of carbonyl (C=O) groups is 2. The summed E-state index contributed by atoms with van der Waals surface area (Å²) in [5.41, 5.74) is 0.239. The highest BCUT2D eigenvalue weighted by Crippen LogP contribution is 2.29. The first-order valence-electron chi connectivity index (χ1n) is 5.62. The van der Waals surface area contributed by atoms with Gasteiger partial charge in [-0.1, -0.05) is 0 Å². The Morgan fingerprint density at radius 1 is 1.26 bits per heavy atom. The largest absolute Gasteiger partial charge is 0.493 e. The molecule has 6 nitrogen and oxygen atoms in total. The summed E-state index contributed by atoms with van der Waals surface area (Å²) in [7, 11) is 2.67. The number of aliphatic hydroxyl groups excluding tert-OH is 1. The van der Waals surface area contributed by atoms with Crippen LogP contribution in [0.2, 0.25) is 0 Å². The van der Waals surface area contributed by atoms with E-state index in [1.807, 2.05) is 0 Å². The molecule has 0 radical (unpaired) electrons. The van der Waals surface area contributed by atoms with Crippen LogP contribution in [0.4, 0.5) is 0 Å². The summed E-state index contributed by atoms with van der Waals surface area (Å²) in [5.74, 6) is -1.40. The van der Waals surface area contributed by atoms with Crippen LogP contribution in [0.25, 0.3) is 0 Å². The molecule has 0 spiro atoms. The second-order valence-corrected chi connectivity index (χ2v) is 3.86. The average molecular weight is 268 g/mol. The number of hydrogen-bond acceptors (Lipinski definition) is 6. The number of aliphatic hydroxyl groups is 1. The zero-order valence-corrected chi connectivity index (χ0v) is 11.0. The molecular weight excluding hydrogens is 252 g/mol. The van der Waals surface area contributed by atoms with Crippen LogP contribution in [0.3, 0.4) is 0 Å². The number of hydrogen-bond donors (Lipinski definition) is 1. The lowest BCUT2D eigenvalue weighted by atomic mass is 10.2. The number of carbonyl (C=O) groups excluding carboxylic acids is 2. The number of esters is 2. The van der Waals surface area contributed by atoms with Crippen LogP contribution in [0, 0.1) is 5.92 Å². The molecule has 1 atom stereocenters. The van der Waals surface area contributed by atoms with Crippen LogP contribution in [0.1, 0.15) is 17.3 Å². The molecule has 0 aliphatic rings. The lowest BCUT2D eigenvalue weighted by Crippen LogP contribution is -2.21. The van der Waals surface area contributed by atoms with Crippen molar-refractivity contribution in [2.45, 2.75) is 6.92 Å². The van der Waals surface area contributed by atoms with E-state index < -0.39 is 17.9 Å². The van der Waals surface area contributed by atoms with Crippen molar-refractivity contribution in [3.05, 3.63) is 23.8 Å². The number of rotatable bonds is 5. The van der Waals surface area contributed by atoms with E-state index in [1.165, 1.54) is 39.3 Å². The number of ether oxygens (including phenoxy) is 3. The molecule has 6 heteroatoms. The minimum atomic E-state index is -0.661. The molecule has 104 valence electrons. The van der Waals surface area contributed by atoms with Crippen molar-refractivity contribution in [3.8, 4) is 11.5 Å². The van der Waals surface area contributed by atoms with E-state index in [-0.39, 0.29) is 17.9 Å². The Bertz CT molecular complexity index is 468. The van der Waals surface area contributed by atoms with Gasteiger partial charge < -0.3 is 19.3 Å². The minimum Gasteiger partial charge on any atom is -0.493 e. The fourth-order valence-electron chi connectivity index (χ4n) is 1.28. The molecule has 19 heavy (non-hydrogen) atoms. The number of methoxy groups -OCH3 is 2. The average Bonchev–Trinajstić information content (AvgIpc) is 2.45. The van der Waals surface area contributed by atoms with Gasteiger partial charge in [-0.25, -0.2) is 4.79 Å². The molecule has 0 aliphatic heterocycles. The molecule has 0 unspecified atom stereocenters. The van der Waals surface area contributed by atoms with E-state index in [0.717, 1.165) is 0 Å². The van der Waals surface area contributed by atoms with Crippen LogP contribution in [0.5, 0.6) is 11.5 Å². The summed E-state index contributed by atoms with van der Waals surface area (Å²) in [4.78, 5) is 23.0. The third-order valence-electron chi connectivity index (χ3n) is 2.47. The Kier molecular flexibility index (Phi) is 5.32. The number of benzene rings is 1. The predicted molar refractivity (Wildman–Crippen MR) is 66.2 cm³/mol. The zero-order chi connectivity index (χ0) is 14.4. The maximum absolute atomic E-state index is 11.6. The van der Waals surface area contributed by atoms with Crippen molar-refractivity contribution in [3.63, 3.8) is 0 Å². The fraction of sp³-hybridized carbons (Fsp3) is 0.385. The van der Waals surface area contributed by atoms with Crippen LogP contribution in [0.15, 0.2) is 18.2 Å². The van der Waals surface area contributed by atoms with Crippen molar-refractivity contribution in [1.29, 1.82) is 0 Å². The highest BCUT2D eigenvalue weighted by atomic mass is 16.6. The Morgan fingerprint density at radius 3 is 2.47 bits per heavy atom. The monoisotopic (exact) mass is 268 g/mol. The Balaban J connectivity index is 3.02. The molecule has 0 fully saturated rings. The standard InChI is InChI=1S/C13H16O6/c1-8(7-14)12(15)19-11-6-9(13(16)18-3)4-5-10(11)17-2/h4-6,8,14H,7H2,1-3H3/t8-/m1/s1. The normalized spacial score (nSPS) is 11.6. The van der Waals surface area contributed by atoms with E-state index in [0.29, 0.717) is 5.75 Å². The molecule has 1 rings (SSSR count). The van der Waals surface area contributed by atoms with Gasteiger partial charge in [0, 0.05) is 0 Å². The van der Waals surface area contributed by atoms with Crippen molar-refractivity contribution in [2.75, 3.05) is 20.8 Å². The molecule has 0 aromatic heterocycles. The Hall–Kier alpha value is -2.08. The van der Waals surface area contributed by atoms with Crippen LogP contribution >= 0.6 is 0 Å². The Morgan fingerprint density at radius 2 is 1.95 bits per heavy atom. The maximum Gasteiger partial charge on any atom is 0.337 e. The SMILES string of the molecule is COC(=O)c1ccc(OC)c(OC(=O)[C@H](C)CO)c1. The van der Waals surface area contributed by atoms with Gasteiger partial charge in [0.1, 0.15) is 0 Å². The third kappa shape index (κ3) is 3.69. The first kappa shape index (κ1) is 15.0. The van der Waals surface area contributed by atoms with Gasteiger partial charge in [0.2, 0.25) is 0 Å². The maximum atomic E-state index is 11.6. The van der Waals surface area contributed by atoms with Crippen LogP contribution in [-0.2, 0) is 9.53 Å². The minimum absolute atomic E-state index is 0.107. The molecule has 0 heterocycles. The Labute approximate surface area is 110 Å². The molecule has 1 aromatic rings. The van der Waals surface area contributed by atoms with Crippen molar-refractivity contribution in [2.24, 2.45) is 5.92 Å². The second-order valence-electron chi connectivity index (χ2n) is 3.86. The molecule has 0 bridgehead atoms. The smallest absolute Gasteiger partial charge is 0.337 e. The van der Waals surface area contributed by atoms with Gasteiger partial charge in [-0.3, -0.25) is 4.79 Å². The molecule has 0 saturated carbocycles. The second kappa shape index (κ2) is 6.75. The summed E-state index contributed by atoms with van der Waals surface area (Å²) in [6.45, 7) is 1.21. The van der Waals surface area contributed by atoms with E-state index in [2.05, 4.69) is 4.74 Å². The van der Waals surface area contributed by atoms with Gasteiger partial charge in [-0.2, -0.15) is 0 Å². The van der Waals surface area contributed by atoms with E-state index in [1.54, 1.807) is 0 Å². The van der Waals surface area contributed by atoms with Gasteiger partial charge in [-0.15, -0.1) is 0 Å². The summed E-state index contributed by atoms with van der Waals surface area (Å²) >= 11 is 0. The topological polar surface area (TPSA) is 82.1 Å². The van der Waals surface area contributed by atoms with E-state index in [4.69, 9.17) is 14.6 Å². The first-order valence-corrected chi connectivity index (χ1v) is 5.62. The highest BCUT2D eigenvalue weighted by molar-refractivity contribution is 5.90. The summed E-state index contributed by atoms with van der Waals surface area (Å²) in [5, 5.41) is 8.88. The van der Waals surface area contributed by atoms with Crippen molar-refractivity contribution < 1.29 is 28.9 Å². The highest BCUT2D eigenvalue weighted by Gasteiger charge is 2.18. The molecule has 0 saturated heterocycles. The molecule has 1 aromatic carbocycles. The first-order chi connectivity index (χ1) is 9.03. The summed E-state index contributed by atoms with van der Waals surface area (Å²) < 4.78 is 14.7. The van der Waals surface area contributed by atoms with Crippen LogP contribution < -0.4 is 9.47 Å². The molecular formula is C13H16O6. The molecule has 1 N–H and O–H groups in total. The van der Waals surface area contributed by atoms with Gasteiger partial charge in [0.15, 0.2) is 11.5 Å². The van der Waals surface area contributed by atoms with Crippen molar-refractivity contribution in [1.82, 2.24) is 0 Å². The van der Waals surface area contributed by atoms with E-state index in [9.17, 15) is 9.59 Å². The summed E-state index contributed by atoms with van der Waals surface area (Å²) in [6.07, 6.45) is 0. The van der Waals surface area contributed by atoms with E-state index >= 15 is 0 Å². The van der Waals surface area contributed by atoms with Gasteiger partial charge in [0.25, 0.3) is 0 Å². The third-order valence-corrected chi connectivity index (χ3v) is 2.47. The predicted octanol–water partition coefficient (Wildman–Crippen LogP) is 1.02. The molecule has 0 aliphatic carbocycles. The lowest BCUT2D eigenvalue weighted by Gasteiger charge is -2.12. The van der Waals surface area contributed by atoms with Crippen LogP contribution in [-0.4, -0.2) is 37.9 Å². The quantitative estimate of drug-likeness (QED) is 0.634. The zero-order valence-electron chi connectivity index (χ0n) is 11.0. The van der Waals surface area contributed by atoms with Gasteiger partial charge in [-0.05, 0) is 25.1 Å². The van der Waals surface area contributed by atoms with Crippen molar-refractivity contribution >= 4 is 11.9 Å². The summed E-state index contributed by atoms with van der Waals surface area (Å²) in [6, 6.07) is 4.35. The molecule has 0 amide bonds. The van der Waals surface area contributed by atoms with Gasteiger partial charge >= 0.3 is 11.9 Å².